The number of esters is 1. The predicted molar refractivity (Wildman–Crippen MR) is 47.1 cm³/mol. The van der Waals surface area contributed by atoms with Crippen molar-refractivity contribution in [3.63, 3.8) is 0 Å². The van der Waals surface area contributed by atoms with Crippen LogP contribution in [0.2, 0.25) is 0 Å². The van der Waals surface area contributed by atoms with Gasteiger partial charge in [0.2, 0.25) is 0 Å². The van der Waals surface area contributed by atoms with Crippen molar-refractivity contribution in [1.82, 2.24) is 0 Å². The van der Waals surface area contributed by atoms with Crippen LogP contribution in [0.25, 0.3) is 0 Å². The molecule has 0 aliphatic rings. The van der Waals surface area contributed by atoms with Crippen molar-refractivity contribution < 1.29 is 19.4 Å². The molecule has 0 saturated heterocycles. The molecule has 4 nitrogen and oxygen atoms in total. The number of carbonyl (C=O) groups is 2. The van der Waals surface area contributed by atoms with E-state index >= 15 is 0 Å². The van der Waals surface area contributed by atoms with E-state index < -0.39 is 18.0 Å². The molecule has 0 radical (unpaired) electrons. The minimum absolute atomic E-state index is 0.138. The maximum Gasteiger partial charge on any atom is 0.335 e. The Kier molecular flexibility index (Phi) is 5.30. The molecular weight excluding hydrogens is 172 g/mol. The number of aliphatic hydroxyl groups is 1. The van der Waals surface area contributed by atoms with Gasteiger partial charge in [0.25, 0.3) is 0 Å². The highest BCUT2D eigenvalue weighted by molar-refractivity contribution is 5.87. The van der Waals surface area contributed by atoms with Crippen molar-refractivity contribution in [2.75, 3.05) is 6.61 Å². The number of carbonyl (C=O) groups excluding carboxylic acids is 2. The van der Waals surface area contributed by atoms with Gasteiger partial charge in [-0.2, -0.15) is 0 Å². The highest BCUT2D eigenvalue weighted by Gasteiger charge is 2.27. The first kappa shape index (κ1) is 12.1. The molecule has 0 aliphatic carbocycles. The first-order valence-electron chi connectivity index (χ1n) is 4.42. The monoisotopic (exact) mass is 188 g/mol. The van der Waals surface area contributed by atoms with Gasteiger partial charge in [-0.15, -0.1) is 0 Å². The molecular formula is C9H16O4. The minimum Gasteiger partial charge on any atom is -0.464 e. The summed E-state index contributed by atoms with van der Waals surface area (Å²) in [6, 6.07) is 0. The van der Waals surface area contributed by atoms with E-state index in [1.54, 1.807) is 13.8 Å². The number of rotatable bonds is 5. The zero-order valence-corrected chi connectivity index (χ0v) is 8.24. The molecule has 0 spiro atoms. The third-order valence-electron chi connectivity index (χ3n) is 1.86. The largest absolute Gasteiger partial charge is 0.464 e. The lowest BCUT2D eigenvalue weighted by Crippen LogP contribution is -2.34. The lowest BCUT2D eigenvalue weighted by Gasteiger charge is -2.15. The molecule has 0 amide bonds. The van der Waals surface area contributed by atoms with Crippen LogP contribution in [-0.4, -0.2) is 29.6 Å². The van der Waals surface area contributed by atoms with Gasteiger partial charge in [-0.25, -0.2) is 4.79 Å². The Morgan fingerprint density at radius 2 is 1.92 bits per heavy atom. The zero-order chi connectivity index (χ0) is 10.4. The Morgan fingerprint density at radius 3 is 2.31 bits per heavy atom. The molecule has 4 heteroatoms. The summed E-state index contributed by atoms with van der Waals surface area (Å²) in [5, 5.41) is 9.32. The molecule has 0 rings (SSSR count). The van der Waals surface area contributed by atoms with Gasteiger partial charge in [-0.05, 0) is 6.92 Å². The number of hydrogen-bond donors (Lipinski definition) is 1. The number of hydrogen-bond acceptors (Lipinski definition) is 4. The van der Waals surface area contributed by atoms with Crippen LogP contribution in [0, 0.1) is 5.92 Å². The average Bonchev–Trinajstić information content (AvgIpc) is 2.14. The molecule has 0 unspecified atom stereocenters. The summed E-state index contributed by atoms with van der Waals surface area (Å²) >= 11 is 0. The van der Waals surface area contributed by atoms with Crippen molar-refractivity contribution in [3.05, 3.63) is 0 Å². The second-order valence-corrected chi connectivity index (χ2v) is 2.81. The Hall–Kier alpha value is -0.900. The Bertz CT molecular complexity index is 188. The van der Waals surface area contributed by atoms with Crippen LogP contribution in [0.3, 0.4) is 0 Å². The van der Waals surface area contributed by atoms with Crippen LogP contribution < -0.4 is 0 Å². The Balaban J connectivity index is 4.16. The van der Waals surface area contributed by atoms with Crippen molar-refractivity contribution in [2.45, 2.75) is 33.3 Å². The maximum absolute atomic E-state index is 11.1. The molecule has 2 atom stereocenters. The molecule has 0 aliphatic heterocycles. The molecule has 0 heterocycles. The first-order valence-corrected chi connectivity index (χ1v) is 4.42. The van der Waals surface area contributed by atoms with Crippen molar-refractivity contribution >= 4 is 11.8 Å². The molecule has 0 saturated carbocycles. The quantitative estimate of drug-likeness (QED) is 0.639. The van der Waals surface area contributed by atoms with Crippen LogP contribution in [0.5, 0.6) is 0 Å². The Morgan fingerprint density at radius 1 is 1.38 bits per heavy atom. The number of ether oxygens (including phenoxy) is 1. The number of Topliss-reactive ketones (excluding diaryl/α,β-unsaturated/α-hetero) is 1. The summed E-state index contributed by atoms with van der Waals surface area (Å²) < 4.78 is 4.58. The molecule has 0 bridgehead atoms. The predicted octanol–water partition coefficient (Wildman–Crippen LogP) is 0.526. The fourth-order valence-electron chi connectivity index (χ4n) is 0.930. The molecule has 1 N–H and O–H groups in total. The molecule has 0 aromatic heterocycles. The zero-order valence-electron chi connectivity index (χ0n) is 8.24. The van der Waals surface area contributed by atoms with Crippen LogP contribution >= 0.6 is 0 Å². The molecule has 13 heavy (non-hydrogen) atoms. The van der Waals surface area contributed by atoms with Gasteiger partial charge in [0.15, 0.2) is 6.10 Å². The molecule has 76 valence electrons. The van der Waals surface area contributed by atoms with E-state index in [2.05, 4.69) is 4.74 Å². The van der Waals surface area contributed by atoms with Gasteiger partial charge in [0, 0.05) is 6.42 Å². The van der Waals surface area contributed by atoms with E-state index in [0.717, 1.165) is 0 Å². The van der Waals surface area contributed by atoms with Crippen LogP contribution in [0.1, 0.15) is 27.2 Å². The van der Waals surface area contributed by atoms with E-state index in [1.165, 1.54) is 6.92 Å². The van der Waals surface area contributed by atoms with Crippen LogP contribution in [0.15, 0.2) is 0 Å². The van der Waals surface area contributed by atoms with E-state index in [-0.39, 0.29) is 12.4 Å². The van der Waals surface area contributed by atoms with Gasteiger partial charge < -0.3 is 9.84 Å². The van der Waals surface area contributed by atoms with Crippen molar-refractivity contribution in [2.24, 2.45) is 5.92 Å². The SMILES string of the molecule is CCOC(=O)[C@@H](O)[C@@H](C)C(=O)CC. The molecule has 0 aromatic carbocycles. The van der Waals surface area contributed by atoms with Crippen molar-refractivity contribution in [1.29, 1.82) is 0 Å². The topological polar surface area (TPSA) is 63.6 Å². The highest BCUT2D eigenvalue weighted by atomic mass is 16.5. The second-order valence-electron chi connectivity index (χ2n) is 2.81. The van der Waals surface area contributed by atoms with Crippen LogP contribution in [-0.2, 0) is 14.3 Å². The molecule has 0 fully saturated rings. The normalized spacial score (nSPS) is 14.8. The highest BCUT2D eigenvalue weighted by Crippen LogP contribution is 2.08. The fraction of sp³-hybridized carbons (Fsp3) is 0.778. The summed E-state index contributed by atoms with van der Waals surface area (Å²) in [4.78, 5) is 22.1. The van der Waals surface area contributed by atoms with Gasteiger partial charge in [0.05, 0.1) is 12.5 Å². The summed E-state index contributed by atoms with van der Waals surface area (Å²) in [6.45, 7) is 5.07. The van der Waals surface area contributed by atoms with E-state index in [0.29, 0.717) is 6.42 Å². The van der Waals surface area contributed by atoms with E-state index in [1.807, 2.05) is 0 Å². The third-order valence-corrected chi connectivity index (χ3v) is 1.86. The lowest BCUT2D eigenvalue weighted by molar-refractivity contribution is -0.158. The standard InChI is InChI=1S/C9H16O4/c1-4-7(10)6(3)8(11)9(12)13-5-2/h6,8,11H,4-5H2,1-3H3/t6-,8-/m0/s1. The second kappa shape index (κ2) is 5.70. The van der Waals surface area contributed by atoms with E-state index in [4.69, 9.17) is 0 Å². The maximum atomic E-state index is 11.1. The first-order chi connectivity index (χ1) is 6.04. The van der Waals surface area contributed by atoms with Gasteiger partial charge in [-0.1, -0.05) is 13.8 Å². The average molecular weight is 188 g/mol. The number of ketones is 1. The summed E-state index contributed by atoms with van der Waals surface area (Å²) in [7, 11) is 0. The number of aliphatic hydroxyl groups excluding tert-OH is 1. The van der Waals surface area contributed by atoms with E-state index in [9.17, 15) is 14.7 Å². The van der Waals surface area contributed by atoms with Crippen LogP contribution in [0.4, 0.5) is 0 Å². The van der Waals surface area contributed by atoms with Gasteiger partial charge >= 0.3 is 5.97 Å². The third kappa shape index (κ3) is 3.55. The van der Waals surface area contributed by atoms with Gasteiger partial charge in [0.1, 0.15) is 5.78 Å². The van der Waals surface area contributed by atoms with Gasteiger partial charge in [-0.3, -0.25) is 4.79 Å². The Labute approximate surface area is 77.9 Å². The van der Waals surface area contributed by atoms with Crippen molar-refractivity contribution in [3.8, 4) is 0 Å². The summed E-state index contributed by atoms with van der Waals surface area (Å²) in [6.07, 6.45) is -1.01. The summed E-state index contributed by atoms with van der Waals surface area (Å²) in [5.74, 6) is -1.54. The minimum atomic E-state index is -1.33. The summed E-state index contributed by atoms with van der Waals surface area (Å²) in [5.41, 5.74) is 0. The lowest BCUT2D eigenvalue weighted by atomic mass is 9.98. The molecule has 0 aromatic rings. The smallest absolute Gasteiger partial charge is 0.335 e. The fourth-order valence-corrected chi connectivity index (χ4v) is 0.930.